The van der Waals surface area contributed by atoms with Crippen LogP contribution in [0.25, 0.3) is 11.3 Å². The first-order chi connectivity index (χ1) is 10.9. The second-order valence-electron chi connectivity index (χ2n) is 5.13. The van der Waals surface area contributed by atoms with Crippen LogP contribution in [-0.4, -0.2) is 18.6 Å². The molecule has 2 aromatic heterocycles. The van der Waals surface area contributed by atoms with Crippen LogP contribution in [0.4, 0.5) is 5.82 Å². The highest BCUT2D eigenvalue weighted by molar-refractivity contribution is 7.92. The zero-order valence-electron chi connectivity index (χ0n) is 12.6. The molecule has 0 aliphatic heterocycles. The van der Waals surface area contributed by atoms with Gasteiger partial charge in [-0.2, -0.15) is 0 Å². The van der Waals surface area contributed by atoms with Gasteiger partial charge in [0.05, 0.1) is 10.6 Å². The molecule has 0 radical (unpaired) electrons. The Bertz CT molecular complexity index is 931. The van der Waals surface area contributed by atoms with E-state index in [9.17, 15) is 8.42 Å². The lowest BCUT2D eigenvalue weighted by atomic mass is 10.2. The van der Waals surface area contributed by atoms with E-state index in [4.69, 9.17) is 4.52 Å². The summed E-state index contributed by atoms with van der Waals surface area (Å²) in [6, 6.07) is 13.3. The number of aromatic nitrogens is 2. The van der Waals surface area contributed by atoms with Gasteiger partial charge in [0.25, 0.3) is 10.0 Å². The predicted octanol–water partition coefficient (Wildman–Crippen LogP) is 3.15. The van der Waals surface area contributed by atoms with Crippen LogP contribution in [-0.2, 0) is 10.0 Å². The molecule has 0 bridgehead atoms. The predicted molar refractivity (Wildman–Crippen MR) is 86.5 cm³/mol. The molecule has 23 heavy (non-hydrogen) atoms. The zero-order chi connectivity index (χ0) is 16.4. The van der Waals surface area contributed by atoms with E-state index in [2.05, 4.69) is 14.9 Å². The number of benzene rings is 1. The molecule has 2 heterocycles. The molecule has 0 atom stereocenters. The van der Waals surface area contributed by atoms with Crippen LogP contribution in [0.2, 0.25) is 0 Å². The van der Waals surface area contributed by atoms with Crippen LogP contribution in [0.3, 0.4) is 0 Å². The largest absolute Gasteiger partial charge is 0.356 e. The minimum absolute atomic E-state index is 0.154. The lowest BCUT2D eigenvalue weighted by Crippen LogP contribution is -2.14. The maximum Gasteiger partial charge on any atom is 0.263 e. The minimum atomic E-state index is -3.68. The van der Waals surface area contributed by atoms with Crippen molar-refractivity contribution in [2.75, 3.05) is 4.72 Å². The third-order valence-electron chi connectivity index (χ3n) is 3.20. The Morgan fingerprint density at radius 2 is 1.74 bits per heavy atom. The molecule has 118 valence electrons. The fraction of sp³-hybridized carbons (Fsp3) is 0.125. The van der Waals surface area contributed by atoms with Gasteiger partial charge in [-0.1, -0.05) is 11.2 Å². The Morgan fingerprint density at radius 1 is 1.00 bits per heavy atom. The molecule has 0 saturated carbocycles. The summed E-state index contributed by atoms with van der Waals surface area (Å²) in [6.07, 6.45) is 0. The van der Waals surface area contributed by atoms with Crippen LogP contribution in [0.15, 0.2) is 57.9 Å². The quantitative estimate of drug-likeness (QED) is 0.794. The molecule has 6 nitrogen and oxygen atoms in total. The van der Waals surface area contributed by atoms with Crippen molar-refractivity contribution >= 4 is 15.8 Å². The van der Waals surface area contributed by atoms with E-state index in [1.165, 1.54) is 12.1 Å². The van der Waals surface area contributed by atoms with E-state index in [1.54, 1.807) is 43.3 Å². The fourth-order valence-electron chi connectivity index (χ4n) is 2.09. The Balaban J connectivity index is 1.86. The highest BCUT2D eigenvalue weighted by Gasteiger charge is 2.15. The van der Waals surface area contributed by atoms with Gasteiger partial charge in [-0.05, 0) is 50.2 Å². The monoisotopic (exact) mass is 329 g/mol. The van der Waals surface area contributed by atoms with Crippen molar-refractivity contribution in [3.63, 3.8) is 0 Å². The number of sulfonamides is 1. The molecule has 0 fully saturated rings. The number of anilines is 1. The molecule has 3 aromatic rings. The summed E-state index contributed by atoms with van der Waals surface area (Å²) in [5.41, 5.74) is 2.27. The second-order valence-corrected chi connectivity index (χ2v) is 6.81. The van der Waals surface area contributed by atoms with Crippen molar-refractivity contribution in [2.45, 2.75) is 18.7 Å². The number of pyridine rings is 1. The third-order valence-corrected chi connectivity index (χ3v) is 4.57. The molecular formula is C16H15N3O3S. The van der Waals surface area contributed by atoms with E-state index in [0.29, 0.717) is 11.6 Å². The fourth-order valence-corrected chi connectivity index (χ4v) is 3.10. The lowest BCUT2D eigenvalue weighted by molar-refractivity contribution is 0.427. The normalized spacial score (nSPS) is 11.4. The molecule has 7 heteroatoms. The Labute approximate surface area is 134 Å². The first kappa shape index (κ1) is 15.2. The summed E-state index contributed by atoms with van der Waals surface area (Å²) < 4.78 is 32.4. The zero-order valence-corrected chi connectivity index (χ0v) is 13.5. The SMILES string of the molecule is Cc1cc(-c2ccc(S(=O)(=O)Nc3cccc(C)n3)cc2)on1. The summed E-state index contributed by atoms with van der Waals surface area (Å²) in [5, 5.41) is 3.81. The molecule has 3 rings (SSSR count). The Kier molecular flexibility index (Phi) is 3.87. The van der Waals surface area contributed by atoms with E-state index in [-0.39, 0.29) is 4.90 Å². The number of aryl methyl sites for hydroxylation is 2. The van der Waals surface area contributed by atoms with Gasteiger partial charge in [0.1, 0.15) is 5.82 Å². The van der Waals surface area contributed by atoms with Crippen LogP contribution >= 0.6 is 0 Å². The maximum absolute atomic E-state index is 12.4. The average molecular weight is 329 g/mol. The smallest absolute Gasteiger partial charge is 0.263 e. The van der Waals surface area contributed by atoms with Crippen molar-refractivity contribution in [3.8, 4) is 11.3 Å². The number of hydrogen-bond donors (Lipinski definition) is 1. The van der Waals surface area contributed by atoms with E-state index < -0.39 is 10.0 Å². The van der Waals surface area contributed by atoms with Crippen molar-refractivity contribution in [1.82, 2.24) is 10.1 Å². The highest BCUT2D eigenvalue weighted by atomic mass is 32.2. The van der Waals surface area contributed by atoms with Crippen LogP contribution in [0.1, 0.15) is 11.4 Å². The Morgan fingerprint density at radius 3 is 2.35 bits per heavy atom. The molecule has 1 N–H and O–H groups in total. The lowest BCUT2D eigenvalue weighted by Gasteiger charge is -2.08. The van der Waals surface area contributed by atoms with Crippen LogP contribution in [0.5, 0.6) is 0 Å². The van der Waals surface area contributed by atoms with Crippen LogP contribution < -0.4 is 4.72 Å². The van der Waals surface area contributed by atoms with Gasteiger partial charge in [0, 0.05) is 17.3 Å². The molecule has 0 aliphatic carbocycles. The van der Waals surface area contributed by atoms with Crippen molar-refractivity contribution in [2.24, 2.45) is 0 Å². The molecule has 0 saturated heterocycles. The third kappa shape index (κ3) is 3.40. The number of hydrogen-bond acceptors (Lipinski definition) is 5. The van der Waals surface area contributed by atoms with Crippen molar-refractivity contribution in [1.29, 1.82) is 0 Å². The van der Waals surface area contributed by atoms with Crippen LogP contribution in [0, 0.1) is 13.8 Å². The summed E-state index contributed by atoms with van der Waals surface area (Å²) >= 11 is 0. The Hall–Kier alpha value is -2.67. The molecule has 0 unspecified atom stereocenters. The highest BCUT2D eigenvalue weighted by Crippen LogP contribution is 2.23. The first-order valence-electron chi connectivity index (χ1n) is 6.94. The van der Waals surface area contributed by atoms with Gasteiger partial charge in [0.2, 0.25) is 0 Å². The van der Waals surface area contributed by atoms with Gasteiger partial charge in [-0.25, -0.2) is 13.4 Å². The minimum Gasteiger partial charge on any atom is -0.356 e. The molecule has 0 spiro atoms. The standard InChI is InChI=1S/C16H15N3O3S/c1-11-4-3-5-16(17-11)19-23(20,21)14-8-6-13(7-9-14)15-10-12(2)18-22-15/h3-10H,1-2H3,(H,17,19). The maximum atomic E-state index is 12.4. The van der Waals surface area contributed by atoms with E-state index in [0.717, 1.165) is 17.0 Å². The van der Waals surface area contributed by atoms with Gasteiger partial charge in [0.15, 0.2) is 5.76 Å². The first-order valence-corrected chi connectivity index (χ1v) is 8.42. The van der Waals surface area contributed by atoms with Crippen molar-refractivity contribution in [3.05, 3.63) is 59.9 Å². The summed E-state index contributed by atoms with van der Waals surface area (Å²) in [7, 11) is -3.68. The molecule has 0 aliphatic rings. The van der Waals surface area contributed by atoms with Gasteiger partial charge in [-0.15, -0.1) is 0 Å². The summed E-state index contributed by atoms with van der Waals surface area (Å²) in [4.78, 5) is 4.29. The second kappa shape index (κ2) is 5.85. The van der Waals surface area contributed by atoms with Crippen molar-refractivity contribution < 1.29 is 12.9 Å². The molecule has 0 amide bonds. The van der Waals surface area contributed by atoms with E-state index in [1.807, 2.05) is 6.92 Å². The van der Waals surface area contributed by atoms with Gasteiger partial charge < -0.3 is 4.52 Å². The average Bonchev–Trinajstić information content (AvgIpc) is 2.93. The summed E-state index contributed by atoms with van der Waals surface area (Å²) in [6.45, 7) is 3.62. The van der Waals surface area contributed by atoms with Gasteiger partial charge >= 0.3 is 0 Å². The number of nitrogens with one attached hydrogen (secondary N) is 1. The topological polar surface area (TPSA) is 85.1 Å². The van der Waals surface area contributed by atoms with Gasteiger partial charge in [-0.3, -0.25) is 4.72 Å². The number of nitrogens with zero attached hydrogens (tertiary/aromatic N) is 2. The molecular weight excluding hydrogens is 314 g/mol. The van der Waals surface area contributed by atoms with E-state index >= 15 is 0 Å². The summed E-state index contributed by atoms with van der Waals surface area (Å²) in [5.74, 6) is 0.889. The molecule has 1 aromatic carbocycles. The number of rotatable bonds is 4.